The van der Waals surface area contributed by atoms with Crippen LogP contribution in [0.25, 0.3) is 0 Å². The molecule has 0 aromatic heterocycles. The summed E-state index contributed by atoms with van der Waals surface area (Å²) in [6, 6.07) is 11.9. The van der Waals surface area contributed by atoms with Gasteiger partial charge in [0.25, 0.3) is 0 Å². The van der Waals surface area contributed by atoms with Crippen molar-refractivity contribution in [2.75, 3.05) is 0 Å². The highest BCUT2D eigenvalue weighted by Gasteiger charge is 2.28. The summed E-state index contributed by atoms with van der Waals surface area (Å²) < 4.78 is 5.28. The van der Waals surface area contributed by atoms with Crippen molar-refractivity contribution in [2.24, 2.45) is 11.3 Å². The predicted octanol–water partition coefficient (Wildman–Crippen LogP) is 3.70. The first-order chi connectivity index (χ1) is 9.00. The first-order valence-electron chi connectivity index (χ1n) is 6.62. The average molecular weight is 259 g/mol. The molecule has 0 bridgehead atoms. The zero-order chi connectivity index (χ0) is 14.3. The highest BCUT2D eigenvalue weighted by molar-refractivity contribution is 5.72. The van der Waals surface area contributed by atoms with E-state index in [-0.39, 0.29) is 11.9 Å². The van der Waals surface area contributed by atoms with Crippen LogP contribution >= 0.6 is 0 Å². The minimum Gasteiger partial charge on any atom is -0.461 e. The van der Waals surface area contributed by atoms with Gasteiger partial charge >= 0.3 is 5.97 Å². The van der Waals surface area contributed by atoms with Gasteiger partial charge in [-0.05, 0) is 25.3 Å². The van der Waals surface area contributed by atoms with E-state index in [0.717, 1.165) is 12.0 Å². The van der Waals surface area contributed by atoms with E-state index in [4.69, 9.17) is 10.00 Å². The van der Waals surface area contributed by atoms with Gasteiger partial charge in [-0.1, -0.05) is 44.2 Å². The van der Waals surface area contributed by atoms with E-state index in [2.05, 4.69) is 6.07 Å². The van der Waals surface area contributed by atoms with E-state index in [1.807, 2.05) is 51.1 Å². The Balaban J connectivity index is 2.48. The third kappa shape index (κ3) is 4.75. The third-order valence-electron chi connectivity index (χ3n) is 3.43. The maximum Gasteiger partial charge on any atom is 0.309 e. The van der Waals surface area contributed by atoms with Gasteiger partial charge in [-0.2, -0.15) is 5.26 Å². The molecule has 2 atom stereocenters. The van der Waals surface area contributed by atoms with Gasteiger partial charge in [-0.3, -0.25) is 4.79 Å². The normalized spacial score (nSPS) is 15.1. The zero-order valence-corrected chi connectivity index (χ0v) is 11.8. The highest BCUT2D eigenvalue weighted by atomic mass is 16.5. The standard InChI is InChI=1S/C16H21NO2/c1-4-16(3,12-17)10-13(2)15(18)19-11-14-8-6-5-7-9-14/h5-9,13H,4,10-11H2,1-3H3. The number of nitrogens with zero attached hydrogens (tertiary/aromatic N) is 1. The summed E-state index contributed by atoms with van der Waals surface area (Å²) in [6.07, 6.45) is 1.27. The van der Waals surface area contributed by atoms with Gasteiger partial charge in [0.2, 0.25) is 0 Å². The number of hydrogen-bond acceptors (Lipinski definition) is 3. The lowest BCUT2D eigenvalue weighted by Crippen LogP contribution is -2.23. The van der Waals surface area contributed by atoms with Crippen LogP contribution in [0.4, 0.5) is 0 Å². The second-order valence-corrected chi connectivity index (χ2v) is 5.22. The maximum absolute atomic E-state index is 11.9. The predicted molar refractivity (Wildman–Crippen MR) is 74.0 cm³/mol. The molecule has 0 radical (unpaired) electrons. The molecule has 0 N–H and O–H groups in total. The molecule has 102 valence electrons. The minimum atomic E-state index is -0.453. The van der Waals surface area contributed by atoms with E-state index < -0.39 is 5.41 Å². The van der Waals surface area contributed by atoms with Crippen LogP contribution < -0.4 is 0 Å². The van der Waals surface area contributed by atoms with Crippen LogP contribution in [0, 0.1) is 22.7 Å². The van der Waals surface area contributed by atoms with Crippen molar-refractivity contribution in [3.8, 4) is 6.07 Å². The van der Waals surface area contributed by atoms with Gasteiger partial charge in [-0.25, -0.2) is 0 Å². The summed E-state index contributed by atoms with van der Waals surface area (Å²) >= 11 is 0. The molecule has 0 aliphatic carbocycles. The topological polar surface area (TPSA) is 50.1 Å². The van der Waals surface area contributed by atoms with Crippen molar-refractivity contribution >= 4 is 5.97 Å². The molecule has 0 heterocycles. The van der Waals surface area contributed by atoms with E-state index in [1.165, 1.54) is 0 Å². The average Bonchev–Trinajstić information content (AvgIpc) is 2.45. The van der Waals surface area contributed by atoms with Gasteiger partial charge in [-0.15, -0.1) is 0 Å². The molecule has 3 heteroatoms. The molecule has 1 aromatic rings. The Morgan fingerprint density at radius 2 is 2.05 bits per heavy atom. The quantitative estimate of drug-likeness (QED) is 0.732. The van der Waals surface area contributed by atoms with Crippen molar-refractivity contribution in [2.45, 2.75) is 40.2 Å². The zero-order valence-electron chi connectivity index (χ0n) is 11.8. The molecule has 1 aromatic carbocycles. The number of ether oxygens (including phenoxy) is 1. The van der Waals surface area contributed by atoms with Gasteiger partial charge < -0.3 is 4.74 Å². The molecular formula is C16H21NO2. The summed E-state index contributed by atoms with van der Waals surface area (Å²) in [5, 5.41) is 9.12. The molecular weight excluding hydrogens is 238 g/mol. The Bertz CT molecular complexity index is 450. The summed E-state index contributed by atoms with van der Waals surface area (Å²) in [7, 11) is 0. The summed E-state index contributed by atoms with van der Waals surface area (Å²) in [5.74, 6) is -0.493. The van der Waals surface area contributed by atoms with Crippen molar-refractivity contribution < 1.29 is 9.53 Å². The Morgan fingerprint density at radius 1 is 1.42 bits per heavy atom. The van der Waals surface area contributed by atoms with E-state index in [0.29, 0.717) is 13.0 Å². The van der Waals surface area contributed by atoms with Crippen molar-refractivity contribution in [1.82, 2.24) is 0 Å². The number of hydrogen-bond donors (Lipinski definition) is 0. The van der Waals surface area contributed by atoms with Crippen LogP contribution in [0.3, 0.4) is 0 Å². The number of carbonyl (C=O) groups is 1. The van der Waals surface area contributed by atoms with Crippen LogP contribution in [-0.2, 0) is 16.1 Å². The second kappa shape index (κ2) is 6.94. The van der Waals surface area contributed by atoms with Crippen LogP contribution in [-0.4, -0.2) is 5.97 Å². The summed E-state index contributed by atoms with van der Waals surface area (Å²) in [5.41, 5.74) is 0.521. The third-order valence-corrected chi connectivity index (χ3v) is 3.43. The molecule has 3 nitrogen and oxygen atoms in total. The van der Waals surface area contributed by atoms with Gasteiger partial charge in [0.15, 0.2) is 0 Å². The fraction of sp³-hybridized carbons (Fsp3) is 0.500. The number of rotatable bonds is 6. The van der Waals surface area contributed by atoms with Crippen molar-refractivity contribution in [3.05, 3.63) is 35.9 Å². The molecule has 0 saturated carbocycles. The Hall–Kier alpha value is -1.82. The van der Waals surface area contributed by atoms with Crippen LogP contribution in [0.1, 0.15) is 39.2 Å². The molecule has 0 spiro atoms. The number of esters is 1. The van der Waals surface area contributed by atoms with Crippen molar-refractivity contribution in [3.63, 3.8) is 0 Å². The second-order valence-electron chi connectivity index (χ2n) is 5.22. The molecule has 0 fully saturated rings. The molecule has 0 aliphatic heterocycles. The Labute approximate surface area is 115 Å². The van der Waals surface area contributed by atoms with E-state index in [9.17, 15) is 4.79 Å². The van der Waals surface area contributed by atoms with E-state index in [1.54, 1.807) is 0 Å². The lowest BCUT2D eigenvalue weighted by atomic mass is 9.81. The number of nitriles is 1. The number of carbonyl (C=O) groups excluding carboxylic acids is 1. The number of benzene rings is 1. The maximum atomic E-state index is 11.9. The Morgan fingerprint density at radius 3 is 2.58 bits per heavy atom. The van der Waals surface area contributed by atoms with Crippen LogP contribution in [0.2, 0.25) is 0 Å². The lowest BCUT2D eigenvalue weighted by Gasteiger charge is -2.22. The fourth-order valence-corrected chi connectivity index (χ4v) is 1.90. The van der Waals surface area contributed by atoms with Gasteiger partial charge in [0, 0.05) is 0 Å². The largest absolute Gasteiger partial charge is 0.461 e. The first kappa shape index (κ1) is 15.2. The highest BCUT2D eigenvalue weighted by Crippen LogP contribution is 2.29. The van der Waals surface area contributed by atoms with E-state index >= 15 is 0 Å². The lowest BCUT2D eigenvalue weighted by molar-refractivity contribution is -0.150. The van der Waals surface area contributed by atoms with Crippen molar-refractivity contribution in [1.29, 1.82) is 5.26 Å². The monoisotopic (exact) mass is 259 g/mol. The van der Waals surface area contributed by atoms with Gasteiger partial charge in [0.05, 0.1) is 17.4 Å². The fourth-order valence-electron chi connectivity index (χ4n) is 1.90. The molecule has 19 heavy (non-hydrogen) atoms. The molecule has 0 aliphatic rings. The van der Waals surface area contributed by atoms with Gasteiger partial charge in [0.1, 0.15) is 6.61 Å². The smallest absolute Gasteiger partial charge is 0.309 e. The molecule has 0 amide bonds. The first-order valence-corrected chi connectivity index (χ1v) is 6.62. The summed E-state index contributed by atoms with van der Waals surface area (Å²) in [4.78, 5) is 11.9. The molecule has 0 saturated heterocycles. The van der Waals surface area contributed by atoms with Crippen LogP contribution in [0.5, 0.6) is 0 Å². The van der Waals surface area contributed by atoms with Crippen LogP contribution in [0.15, 0.2) is 30.3 Å². The SMILES string of the molecule is CCC(C)(C#N)CC(C)C(=O)OCc1ccccc1. The summed E-state index contributed by atoms with van der Waals surface area (Å²) in [6.45, 7) is 5.96. The molecule has 2 unspecified atom stereocenters. The molecule has 1 rings (SSSR count). The Kier molecular flexibility index (Phi) is 5.57. The minimum absolute atomic E-state index is 0.237.